The number of Topliss-reactive ketones (excluding diaryl/α,β-unsaturated/α-hetero) is 1. The fraction of sp³-hybridized carbons (Fsp3) is 0.344. The Kier molecular flexibility index (Phi) is 9.06. The molecule has 2 aliphatic heterocycles. The first kappa shape index (κ1) is 31.0. The first-order valence-corrected chi connectivity index (χ1v) is 14.3. The van der Waals surface area contributed by atoms with Crippen molar-refractivity contribution < 1.29 is 46.4 Å². The molecule has 3 aromatic carbocycles. The molecule has 0 bridgehead atoms. The smallest absolute Gasteiger partial charge is 0.194 e. The number of carbonyl (C=O) groups excluding carboxylic acids is 1. The van der Waals surface area contributed by atoms with Crippen molar-refractivity contribution in [3.05, 3.63) is 107 Å². The number of halogens is 4. The van der Waals surface area contributed by atoms with Crippen molar-refractivity contribution in [3.8, 4) is 11.3 Å². The maximum Gasteiger partial charge on any atom is 0.194 e. The highest BCUT2D eigenvalue weighted by atomic mass is 19.2. The zero-order valence-electron chi connectivity index (χ0n) is 23.9. The third kappa shape index (κ3) is 6.40. The van der Waals surface area contributed by atoms with Crippen molar-refractivity contribution >= 4 is 5.78 Å². The molecule has 1 aromatic heterocycles. The lowest BCUT2D eigenvalue weighted by atomic mass is 9.87. The van der Waals surface area contributed by atoms with Crippen LogP contribution >= 0.6 is 0 Å². The molecule has 4 aromatic rings. The van der Waals surface area contributed by atoms with Crippen molar-refractivity contribution in [2.45, 2.75) is 62.8 Å². The number of rotatable bonds is 9. The van der Waals surface area contributed by atoms with Crippen LogP contribution in [0.25, 0.3) is 11.3 Å². The second-order valence-corrected chi connectivity index (χ2v) is 10.8. The maximum atomic E-state index is 14.0. The zero-order chi connectivity index (χ0) is 31.7. The lowest BCUT2D eigenvalue weighted by Crippen LogP contribution is -2.63. The van der Waals surface area contributed by atoms with E-state index < -0.39 is 66.1 Å². The van der Waals surface area contributed by atoms with E-state index in [9.17, 15) is 27.5 Å². The number of benzene rings is 3. The second-order valence-electron chi connectivity index (χ2n) is 10.8. The van der Waals surface area contributed by atoms with E-state index in [2.05, 4.69) is 10.3 Å². The summed E-state index contributed by atoms with van der Waals surface area (Å²) in [5, 5.41) is 20.0. The van der Waals surface area contributed by atoms with Crippen molar-refractivity contribution in [1.29, 1.82) is 0 Å². The Morgan fingerprint density at radius 3 is 2.44 bits per heavy atom. The summed E-state index contributed by atoms with van der Waals surface area (Å²) in [4.78, 5) is 13.2. The largest absolute Gasteiger partial charge is 0.388 e. The van der Waals surface area contributed by atoms with Gasteiger partial charge in [0.1, 0.15) is 48.1 Å². The molecular formula is C32H29F4N3O6. The van der Waals surface area contributed by atoms with Crippen LogP contribution in [0.1, 0.15) is 36.8 Å². The quantitative estimate of drug-likeness (QED) is 0.208. The maximum absolute atomic E-state index is 14.0. The molecule has 45 heavy (non-hydrogen) atoms. The van der Waals surface area contributed by atoms with E-state index in [0.717, 1.165) is 12.1 Å². The number of carbonyl (C=O) groups is 1. The van der Waals surface area contributed by atoms with Crippen LogP contribution in [0.4, 0.5) is 17.6 Å². The van der Waals surface area contributed by atoms with Crippen LogP contribution in [-0.4, -0.2) is 63.0 Å². The SMILES string of the molecule is CCC(=O)[C@@H](OCc1ccc(F)cc1)[C@@H]1OC2COC(c3ccccc3)O[C@@H]2[C@H](n2cc(-c3cc(F)c(F)c(F)c3)nn2)C1O. The summed E-state index contributed by atoms with van der Waals surface area (Å²) in [6.07, 6.45) is -5.05. The summed E-state index contributed by atoms with van der Waals surface area (Å²) >= 11 is 0. The van der Waals surface area contributed by atoms with Gasteiger partial charge in [-0.25, -0.2) is 22.2 Å². The number of aliphatic hydroxyl groups excluding tert-OH is 1. The number of ketones is 1. The predicted molar refractivity (Wildman–Crippen MR) is 149 cm³/mol. The molecule has 2 saturated heterocycles. The summed E-state index contributed by atoms with van der Waals surface area (Å²) in [5.41, 5.74) is 1.23. The number of hydrogen-bond donors (Lipinski definition) is 1. The molecule has 3 unspecified atom stereocenters. The van der Waals surface area contributed by atoms with Crippen LogP contribution < -0.4 is 0 Å². The van der Waals surface area contributed by atoms with Crippen molar-refractivity contribution in [2.75, 3.05) is 6.61 Å². The van der Waals surface area contributed by atoms with E-state index in [1.807, 2.05) is 30.3 Å². The van der Waals surface area contributed by atoms with Gasteiger partial charge in [-0.2, -0.15) is 0 Å². The van der Waals surface area contributed by atoms with Gasteiger partial charge in [0.15, 0.2) is 29.5 Å². The van der Waals surface area contributed by atoms with E-state index in [1.165, 1.54) is 35.1 Å². The minimum Gasteiger partial charge on any atom is -0.388 e. The van der Waals surface area contributed by atoms with Crippen LogP contribution in [0.3, 0.4) is 0 Å². The lowest BCUT2D eigenvalue weighted by Gasteiger charge is -2.49. The molecule has 6 rings (SSSR count). The van der Waals surface area contributed by atoms with E-state index in [-0.39, 0.29) is 36.7 Å². The minimum atomic E-state index is -1.62. The van der Waals surface area contributed by atoms with E-state index >= 15 is 0 Å². The van der Waals surface area contributed by atoms with Crippen molar-refractivity contribution in [2.24, 2.45) is 0 Å². The molecule has 9 nitrogen and oxygen atoms in total. The Hall–Kier alpha value is -4.01. The molecule has 0 radical (unpaired) electrons. The summed E-state index contributed by atoms with van der Waals surface area (Å²) in [5.74, 6) is -5.20. The average Bonchev–Trinajstić information content (AvgIpc) is 3.54. The standard InChI is InChI=1S/C32H29F4N3O6/c1-2-24(40)29(42-15-17-8-10-20(33)11-9-17)31-28(41)27(30-25(44-31)16-43-32(45-30)18-6-4-3-5-7-18)39-14-23(37-38-39)19-12-21(34)26(36)22(35)13-19/h3-14,25,27-32,41H,2,15-16H2,1H3/t25?,27-,28?,29-,30+,31-,32?/m1/s1. The Labute approximate surface area is 255 Å². The summed E-state index contributed by atoms with van der Waals surface area (Å²) < 4.78 is 80.9. The van der Waals surface area contributed by atoms with E-state index in [4.69, 9.17) is 18.9 Å². The lowest BCUT2D eigenvalue weighted by molar-refractivity contribution is -0.324. The van der Waals surface area contributed by atoms with Gasteiger partial charge in [0.2, 0.25) is 0 Å². The van der Waals surface area contributed by atoms with Gasteiger partial charge in [0, 0.05) is 17.5 Å². The number of hydrogen-bond acceptors (Lipinski definition) is 8. The third-order valence-corrected chi connectivity index (χ3v) is 7.89. The van der Waals surface area contributed by atoms with Gasteiger partial charge in [-0.3, -0.25) is 4.79 Å². The van der Waals surface area contributed by atoms with Crippen molar-refractivity contribution in [1.82, 2.24) is 15.0 Å². The van der Waals surface area contributed by atoms with Crippen molar-refractivity contribution in [3.63, 3.8) is 0 Å². The van der Waals surface area contributed by atoms with Crippen LogP contribution in [0.5, 0.6) is 0 Å². The van der Waals surface area contributed by atoms with Gasteiger partial charge in [-0.05, 0) is 29.8 Å². The highest BCUT2D eigenvalue weighted by Crippen LogP contribution is 2.41. The summed E-state index contributed by atoms with van der Waals surface area (Å²) in [6, 6.07) is 15.2. The fourth-order valence-corrected chi connectivity index (χ4v) is 5.57. The van der Waals surface area contributed by atoms with Gasteiger partial charge >= 0.3 is 0 Å². The van der Waals surface area contributed by atoms with Gasteiger partial charge in [-0.15, -0.1) is 5.10 Å². The zero-order valence-corrected chi connectivity index (χ0v) is 23.9. The van der Waals surface area contributed by atoms with Crippen LogP contribution in [0.2, 0.25) is 0 Å². The second kappa shape index (κ2) is 13.2. The first-order valence-electron chi connectivity index (χ1n) is 14.3. The van der Waals surface area contributed by atoms with E-state index in [0.29, 0.717) is 11.1 Å². The molecule has 0 amide bonds. The Morgan fingerprint density at radius 2 is 1.76 bits per heavy atom. The Balaban J connectivity index is 1.34. The molecule has 2 aliphatic rings. The Morgan fingerprint density at radius 1 is 1.04 bits per heavy atom. The molecule has 0 aliphatic carbocycles. The molecule has 0 spiro atoms. The Bertz CT molecular complexity index is 1620. The average molecular weight is 628 g/mol. The monoisotopic (exact) mass is 627 g/mol. The van der Waals surface area contributed by atoms with Gasteiger partial charge < -0.3 is 24.1 Å². The van der Waals surface area contributed by atoms with Crippen LogP contribution in [0, 0.1) is 23.3 Å². The number of fused-ring (bicyclic) bond motifs is 1. The molecular weight excluding hydrogens is 598 g/mol. The summed E-state index contributed by atoms with van der Waals surface area (Å²) in [7, 11) is 0. The van der Waals surface area contributed by atoms with Gasteiger partial charge in [-0.1, -0.05) is 54.6 Å². The summed E-state index contributed by atoms with van der Waals surface area (Å²) in [6.45, 7) is 1.60. The number of aromatic nitrogens is 3. The highest BCUT2D eigenvalue weighted by Gasteiger charge is 2.54. The van der Waals surface area contributed by atoms with Gasteiger partial charge in [0.25, 0.3) is 0 Å². The predicted octanol–water partition coefficient (Wildman–Crippen LogP) is 4.85. The molecule has 0 saturated carbocycles. The van der Waals surface area contributed by atoms with E-state index in [1.54, 1.807) is 6.92 Å². The molecule has 236 valence electrons. The minimum absolute atomic E-state index is 0.00000468. The number of ether oxygens (including phenoxy) is 4. The third-order valence-electron chi connectivity index (χ3n) is 7.89. The molecule has 3 heterocycles. The molecule has 7 atom stereocenters. The molecule has 1 N–H and O–H groups in total. The van der Waals surface area contributed by atoms with Crippen LogP contribution in [0.15, 0.2) is 72.9 Å². The van der Waals surface area contributed by atoms with Crippen LogP contribution in [-0.2, 0) is 30.3 Å². The molecule has 13 heteroatoms. The topological polar surface area (TPSA) is 105 Å². The first-order chi connectivity index (χ1) is 21.7. The highest BCUT2D eigenvalue weighted by molar-refractivity contribution is 5.83. The molecule has 2 fully saturated rings. The normalized spacial score (nSPS) is 25.5. The fourth-order valence-electron chi connectivity index (χ4n) is 5.57. The number of aliphatic hydroxyl groups is 1. The van der Waals surface area contributed by atoms with Gasteiger partial charge in [0.05, 0.1) is 19.4 Å². The number of nitrogens with zero attached hydrogens (tertiary/aromatic N) is 3.